The lowest BCUT2D eigenvalue weighted by molar-refractivity contribution is 0.181. The maximum atomic E-state index is 11.1. The van der Waals surface area contributed by atoms with E-state index in [1.807, 2.05) is 12.1 Å². The quantitative estimate of drug-likeness (QED) is 0.875. The highest BCUT2D eigenvalue weighted by Crippen LogP contribution is 2.19. The zero-order chi connectivity index (χ0) is 13.8. The summed E-state index contributed by atoms with van der Waals surface area (Å²) < 4.78 is 5.75. The number of aryl methyl sites for hydroxylation is 1. The Hall–Kier alpha value is -1.49. The Morgan fingerprint density at radius 2 is 2.21 bits per heavy atom. The van der Waals surface area contributed by atoms with Crippen LogP contribution in [-0.2, 0) is 6.42 Å². The van der Waals surface area contributed by atoms with Crippen LogP contribution >= 0.6 is 0 Å². The van der Waals surface area contributed by atoms with E-state index in [0.29, 0.717) is 6.04 Å². The molecule has 1 fully saturated rings. The molecule has 0 aliphatic carbocycles. The standard InChI is InChI=1S/C14H23N3O2/c1-3-12-4-5-13(19-12)10(2)16-11-6-8-17(9-7-11)14(15)18/h4-5,10-11,16H,3,6-9H2,1-2H3,(H2,15,18). The molecule has 0 bridgehead atoms. The van der Waals surface area contributed by atoms with E-state index in [2.05, 4.69) is 19.2 Å². The molecule has 1 aromatic rings. The average molecular weight is 265 g/mol. The fraction of sp³-hybridized carbons (Fsp3) is 0.643. The number of primary amides is 1. The summed E-state index contributed by atoms with van der Waals surface area (Å²) in [6, 6.07) is 4.37. The minimum absolute atomic E-state index is 0.199. The highest BCUT2D eigenvalue weighted by molar-refractivity contribution is 5.72. The first-order chi connectivity index (χ1) is 9.10. The molecule has 2 heterocycles. The lowest BCUT2D eigenvalue weighted by atomic mass is 10.0. The van der Waals surface area contributed by atoms with E-state index in [9.17, 15) is 4.79 Å². The molecule has 0 spiro atoms. The molecule has 0 aromatic carbocycles. The second-order valence-electron chi connectivity index (χ2n) is 5.15. The first-order valence-corrected chi connectivity index (χ1v) is 6.99. The number of hydrogen-bond acceptors (Lipinski definition) is 3. The van der Waals surface area contributed by atoms with Gasteiger partial charge in [0.25, 0.3) is 0 Å². The van der Waals surface area contributed by atoms with E-state index >= 15 is 0 Å². The molecular formula is C14H23N3O2. The van der Waals surface area contributed by atoms with Crippen molar-refractivity contribution in [2.75, 3.05) is 13.1 Å². The number of carbonyl (C=O) groups is 1. The van der Waals surface area contributed by atoms with Gasteiger partial charge in [0.05, 0.1) is 6.04 Å². The van der Waals surface area contributed by atoms with Crippen LogP contribution in [0.15, 0.2) is 16.5 Å². The highest BCUT2D eigenvalue weighted by atomic mass is 16.3. The SMILES string of the molecule is CCc1ccc(C(C)NC2CCN(C(N)=O)CC2)o1. The molecule has 2 amide bonds. The molecule has 0 radical (unpaired) electrons. The van der Waals surface area contributed by atoms with E-state index in [-0.39, 0.29) is 12.1 Å². The van der Waals surface area contributed by atoms with Crippen LogP contribution in [0, 0.1) is 0 Å². The van der Waals surface area contributed by atoms with E-state index < -0.39 is 0 Å². The first-order valence-electron chi connectivity index (χ1n) is 6.99. The van der Waals surface area contributed by atoms with Crippen molar-refractivity contribution in [2.45, 2.75) is 45.2 Å². The Morgan fingerprint density at radius 1 is 1.53 bits per heavy atom. The molecule has 1 saturated heterocycles. The Kier molecular flexibility index (Phi) is 4.47. The van der Waals surface area contributed by atoms with E-state index in [1.54, 1.807) is 4.90 Å². The van der Waals surface area contributed by atoms with Gasteiger partial charge in [-0.25, -0.2) is 4.79 Å². The summed E-state index contributed by atoms with van der Waals surface area (Å²) in [6.45, 7) is 5.66. The van der Waals surface area contributed by atoms with Gasteiger partial charge in [0.2, 0.25) is 0 Å². The third-order valence-electron chi connectivity index (χ3n) is 3.75. The first kappa shape index (κ1) is 13.9. The number of piperidine rings is 1. The Bertz CT molecular complexity index is 422. The van der Waals surface area contributed by atoms with Crippen LogP contribution in [0.1, 0.15) is 44.3 Å². The lowest BCUT2D eigenvalue weighted by Gasteiger charge is -2.32. The fourth-order valence-corrected chi connectivity index (χ4v) is 2.52. The van der Waals surface area contributed by atoms with Gasteiger partial charge in [-0.2, -0.15) is 0 Å². The Morgan fingerprint density at radius 3 is 2.74 bits per heavy atom. The molecule has 1 unspecified atom stereocenters. The Balaban J connectivity index is 1.83. The van der Waals surface area contributed by atoms with E-state index in [1.165, 1.54) is 0 Å². The largest absolute Gasteiger partial charge is 0.464 e. The highest BCUT2D eigenvalue weighted by Gasteiger charge is 2.23. The number of likely N-dealkylation sites (tertiary alicyclic amines) is 1. The van der Waals surface area contributed by atoms with Gasteiger partial charge in [0, 0.05) is 25.6 Å². The number of amides is 2. The molecule has 106 valence electrons. The summed E-state index contributed by atoms with van der Waals surface area (Å²) >= 11 is 0. The van der Waals surface area contributed by atoms with Gasteiger partial charge >= 0.3 is 6.03 Å². The third kappa shape index (κ3) is 3.50. The van der Waals surface area contributed by atoms with Crippen molar-refractivity contribution in [3.8, 4) is 0 Å². The summed E-state index contributed by atoms with van der Waals surface area (Å²) in [5.41, 5.74) is 5.27. The topological polar surface area (TPSA) is 71.5 Å². The minimum atomic E-state index is -0.315. The number of carbonyl (C=O) groups excluding carboxylic acids is 1. The van der Waals surface area contributed by atoms with E-state index in [4.69, 9.17) is 10.2 Å². The van der Waals surface area contributed by atoms with Crippen molar-refractivity contribution in [1.82, 2.24) is 10.2 Å². The molecule has 3 N–H and O–H groups in total. The number of nitrogens with two attached hydrogens (primary N) is 1. The van der Waals surface area contributed by atoms with Crippen LogP contribution in [0.5, 0.6) is 0 Å². The normalized spacial score (nSPS) is 18.5. The predicted octanol–water partition coefficient (Wildman–Crippen LogP) is 2.04. The lowest BCUT2D eigenvalue weighted by Crippen LogP contribution is -2.47. The zero-order valence-electron chi connectivity index (χ0n) is 11.7. The number of hydrogen-bond donors (Lipinski definition) is 2. The van der Waals surface area contributed by atoms with Crippen LogP contribution in [0.3, 0.4) is 0 Å². The zero-order valence-corrected chi connectivity index (χ0v) is 11.7. The van der Waals surface area contributed by atoms with Crippen molar-refractivity contribution in [3.05, 3.63) is 23.7 Å². The van der Waals surface area contributed by atoms with Crippen LogP contribution in [0.2, 0.25) is 0 Å². The maximum absolute atomic E-state index is 11.1. The van der Waals surface area contributed by atoms with Crippen LogP contribution in [0.25, 0.3) is 0 Å². The summed E-state index contributed by atoms with van der Waals surface area (Å²) in [5, 5.41) is 3.56. The van der Waals surface area contributed by atoms with Gasteiger partial charge in [-0.15, -0.1) is 0 Å². The van der Waals surface area contributed by atoms with Crippen molar-refractivity contribution in [1.29, 1.82) is 0 Å². The predicted molar refractivity (Wildman–Crippen MR) is 73.8 cm³/mol. The van der Waals surface area contributed by atoms with Gasteiger partial charge in [-0.1, -0.05) is 6.92 Å². The molecular weight excluding hydrogens is 242 g/mol. The molecule has 2 rings (SSSR count). The van der Waals surface area contributed by atoms with Crippen LogP contribution < -0.4 is 11.1 Å². The smallest absolute Gasteiger partial charge is 0.314 e. The molecule has 5 nitrogen and oxygen atoms in total. The molecule has 1 aromatic heterocycles. The fourth-order valence-electron chi connectivity index (χ4n) is 2.52. The molecule has 0 saturated carbocycles. The van der Waals surface area contributed by atoms with Crippen molar-refractivity contribution in [2.24, 2.45) is 5.73 Å². The van der Waals surface area contributed by atoms with Gasteiger partial charge in [-0.05, 0) is 31.9 Å². The second kappa shape index (κ2) is 6.10. The molecule has 1 aliphatic heterocycles. The molecule has 5 heteroatoms. The summed E-state index contributed by atoms with van der Waals surface area (Å²) in [4.78, 5) is 12.8. The monoisotopic (exact) mass is 265 g/mol. The van der Waals surface area contributed by atoms with Crippen molar-refractivity contribution < 1.29 is 9.21 Å². The number of nitrogens with one attached hydrogen (secondary N) is 1. The Labute approximate surface area is 114 Å². The molecule has 1 atom stereocenters. The minimum Gasteiger partial charge on any atom is -0.464 e. The van der Waals surface area contributed by atoms with Crippen LogP contribution in [0.4, 0.5) is 4.79 Å². The summed E-state index contributed by atoms with van der Waals surface area (Å²) in [7, 11) is 0. The number of urea groups is 1. The van der Waals surface area contributed by atoms with Crippen LogP contribution in [-0.4, -0.2) is 30.1 Å². The average Bonchev–Trinajstić information content (AvgIpc) is 2.88. The van der Waals surface area contributed by atoms with Gasteiger partial charge < -0.3 is 20.4 Å². The second-order valence-corrected chi connectivity index (χ2v) is 5.15. The van der Waals surface area contributed by atoms with E-state index in [0.717, 1.165) is 43.9 Å². The number of nitrogens with zero attached hydrogens (tertiary/aromatic N) is 1. The summed E-state index contributed by atoms with van der Waals surface area (Å²) in [5.74, 6) is 2.00. The van der Waals surface area contributed by atoms with Gasteiger partial charge in [-0.3, -0.25) is 0 Å². The third-order valence-corrected chi connectivity index (χ3v) is 3.75. The summed E-state index contributed by atoms with van der Waals surface area (Å²) in [6.07, 6.45) is 2.80. The maximum Gasteiger partial charge on any atom is 0.314 e. The molecule has 19 heavy (non-hydrogen) atoms. The van der Waals surface area contributed by atoms with Gasteiger partial charge in [0.15, 0.2) is 0 Å². The number of rotatable bonds is 4. The number of furan rings is 1. The van der Waals surface area contributed by atoms with Crippen molar-refractivity contribution in [3.63, 3.8) is 0 Å². The van der Waals surface area contributed by atoms with Gasteiger partial charge in [0.1, 0.15) is 11.5 Å². The molecule has 1 aliphatic rings. The van der Waals surface area contributed by atoms with Crippen molar-refractivity contribution >= 4 is 6.03 Å².